The minimum atomic E-state index is -4.24. The van der Waals surface area contributed by atoms with Crippen LogP contribution in [-0.2, 0) is 4.79 Å². The molecule has 0 aliphatic rings. The molecule has 0 N–H and O–H groups in total. The van der Waals surface area contributed by atoms with E-state index in [1.165, 1.54) is 0 Å². The Balaban J connectivity index is 4.24. The highest BCUT2D eigenvalue weighted by atomic mass is 19.4. The van der Waals surface area contributed by atoms with Crippen LogP contribution in [0.15, 0.2) is 0 Å². The molecule has 0 aromatic carbocycles. The summed E-state index contributed by atoms with van der Waals surface area (Å²) >= 11 is 0. The third-order valence-corrected chi connectivity index (χ3v) is 1.89. The van der Waals surface area contributed by atoms with Crippen molar-refractivity contribution in [3.8, 4) is 0 Å². The van der Waals surface area contributed by atoms with E-state index in [9.17, 15) is 18.0 Å². The van der Waals surface area contributed by atoms with Gasteiger partial charge in [0.15, 0.2) is 0 Å². The van der Waals surface area contributed by atoms with Crippen molar-refractivity contribution in [2.24, 2.45) is 0 Å². The van der Waals surface area contributed by atoms with Gasteiger partial charge in [0.1, 0.15) is 5.78 Å². The molecular weight excluding hydrogens is 195 g/mol. The summed E-state index contributed by atoms with van der Waals surface area (Å²) < 4.78 is 36.2. The molecule has 0 heterocycles. The van der Waals surface area contributed by atoms with Crippen LogP contribution in [0.1, 0.15) is 27.2 Å². The van der Waals surface area contributed by atoms with E-state index < -0.39 is 12.7 Å². The number of ketones is 1. The molecule has 0 atom stereocenters. The highest BCUT2D eigenvalue weighted by Crippen LogP contribution is 2.17. The smallest absolute Gasteiger partial charge is 0.298 e. The Kier molecular flexibility index (Phi) is 5.12. The van der Waals surface area contributed by atoms with E-state index >= 15 is 0 Å². The van der Waals surface area contributed by atoms with Crippen LogP contribution < -0.4 is 0 Å². The number of halogens is 3. The standard InChI is InChI=1S/C9H16F3NO/c1-4-8(14)5-13(7(2)3)6-9(10,11)12/h7H,4-6H2,1-3H3. The lowest BCUT2D eigenvalue weighted by Gasteiger charge is -2.26. The number of Topliss-reactive ketones (excluding diaryl/α,β-unsaturated/α-hetero) is 1. The van der Waals surface area contributed by atoms with Gasteiger partial charge in [-0.05, 0) is 13.8 Å². The Hall–Kier alpha value is -0.580. The van der Waals surface area contributed by atoms with Crippen molar-refractivity contribution in [1.82, 2.24) is 4.90 Å². The number of carbonyl (C=O) groups is 1. The maximum absolute atomic E-state index is 12.1. The predicted molar refractivity (Wildman–Crippen MR) is 48.1 cm³/mol. The molecule has 84 valence electrons. The zero-order valence-electron chi connectivity index (χ0n) is 8.69. The SMILES string of the molecule is CCC(=O)CN(CC(F)(F)F)C(C)C. The van der Waals surface area contributed by atoms with Crippen LogP contribution in [0.3, 0.4) is 0 Å². The Labute approximate surface area is 82.1 Å². The number of alkyl halides is 3. The van der Waals surface area contributed by atoms with Gasteiger partial charge in [-0.2, -0.15) is 13.2 Å². The van der Waals surface area contributed by atoms with E-state index in [0.717, 1.165) is 4.90 Å². The summed E-state index contributed by atoms with van der Waals surface area (Å²) in [5.41, 5.74) is 0. The molecule has 5 heteroatoms. The lowest BCUT2D eigenvalue weighted by molar-refractivity contribution is -0.151. The Morgan fingerprint density at radius 1 is 1.36 bits per heavy atom. The normalized spacial score (nSPS) is 12.6. The third-order valence-electron chi connectivity index (χ3n) is 1.89. The highest BCUT2D eigenvalue weighted by molar-refractivity contribution is 5.80. The monoisotopic (exact) mass is 211 g/mol. The van der Waals surface area contributed by atoms with Crippen molar-refractivity contribution >= 4 is 5.78 Å². The van der Waals surface area contributed by atoms with Crippen molar-refractivity contribution in [2.45, 2.75) is 39.4 Å². The van der Waals surface area contributed by atoms with Gasteiger partial charge in [-0.15, -0.1) is 0 Å². The maximum atomic E-state index is 12.1. The van der Waals surface area contributed by atoms with Gasteiger partial charge in [0.05, 0.1) is 13.1 Å². The van der Waals surface area contributed by atoms with Crippen molar-refractivity contribution in [1.29, 1.82) is 0 Å². The largest absolute Gasteiger partial charge is 0.401 e. The topological polar surface area (TPSA) is 20.3 Å². The molecule has 0 radical (unpaired) electrons. The molecule has 0 aromatic rings. The van der Waals surface area contributed by atoms with Gasteiger partial charge in [0.25, 0.3) is 0 Å². The maximum Gasteiger partial charge on any atom is 0.401 e. The number of nitrogens with zero attached hydrogens (tertiary/aromatic N) is 1. The lowest BCUT2D eigenvalue weighted by Crippen LogP contribution is -2.41. The first-order valence-corrected chi connectivity index (χ1v) is 4.58. The molecule has 2 nitrogen and oxygen atoms in total. The first kappa shape index (κ1) is 13.4. The fourth-order valence-corrected chi connectivity index (χ4v) is 0.990. The Morgan fingerprint density at radius 2 is 1.86 bits per heavy atom. The Morgan fingerprint density at radius 3 is 2.14 bits per heavy atom. The van der Waals surface area contributed by atoms with E-state index in [1.807, 2.05) is 0 Å². The summed E-state index contributed by atoms with van der Waals surface area (Å²) in [7, 11) is 0. The molecule has 0 saturated carbocycles. The summed E-state index contributed by atoms with van der Waals surface area (Å²) in [5, 5.41) is 0. The quantitative estimate of drug-likeness (QED) is 0.695. The molecule has 14 heavy (non-hydrogen) atoms. The van der Waals surface area contributed by atoms with E-state index in [2.05, 4.69) is 0 Å². The van der Waals surface area contributed by atoms with E-state index in [-0.39, 0.29) is 24.8 Å². The van der Waals surface area contributed by atoms with Crippen LogP contribution in [0.25, 0.3) is 0 Å². The molecule has 0 spiro atoms. The molecule has 0 rings (SSSR count). The lowest BCUT2D eigenvalue weighted by atomic mass is 10.2. The molecule has 0 aromatic heterocycles. The second-order valence-electron chi connectivity index (χ2n) is 3.51. The van der Waals surface area contributed by atoms with Crippen LogP contribution in [0.4, 0.5) is 13.2 Å². The summed E-state index contributed by atoms with van der Waals surface area (Å²) in [6.45, 7) is 3.81. The third kappa shape index (κ3) is 5.96. The number of hydrogen-bond acceptors (Lipinski definition) is 2. The first-order valence-electron chi connectivity index (χ1n) is 4.58. The van der Waals surface area contributed by atoms with Crippen LogP contribution in [0.5, 0.6) is 0 Å². The molecule has 0 bridgehead atoms. The summed E-state index contributed by atoms with van der Waals surface area (Å²) in [6.07, 6.45) is -3.96. The van der Waals surface area contributed by atoms with Gasteiger partial charge >= 0.3 is 6.18 Å². The van der Waals surface area contributed by atoms with Crippen LogP contribution in [0.2, 0.25) is 0 Å². The zero-order valence-corrected chi connectivity index (χ0v) is 8.69. The van der Waals surface area contributed by atoms with Crippen LogP contribution in [-0.4, -0.2) is 36.0 Å². The number of hydrogen-bond donors (Lipinski definition) is 0. The molecule has 0 aliphatic carbocycles. The molecule has 0 fully saturated rings. The average molecular weight is 211 g/mol. The molecular formula is C9H16F3NO. The van der Waals surface area contributed by atoms with Crippen molar-refractivity contribution < 1.29 is 18.0 Å². The first-order chi connectivity index (χ1) is 6.26. The van der Waals surface area contributed by atoms with Gasteiger partial charge in [0.2, 0.25) is 0 Å². The van der Waals surface area contributed by atoms with Gasteiger partial charge in [-0.3, -0.25) is 9.69 Å². The molecule has 0 amide bonds. The van der Waals surface area contributed by atoms with Gasteiger partial charge in [0, 0.05) is 12.5 Å². The van der Waals surface area contributed by atoms with E-state index in [4.69, 9.17) is 0 Å². The molecule has 0 aliphatic heterocycles. The fraction of sp³-hybridized carbons (Fsp3) is 0.889. The summed E-state index contributed by atoms with van der Waals surface area (Å²) in [5.74, 6) is -0.164. The van der Waals surface area contributed by atoms with Crippen molar-refractivity contribution in [3.05, 3.63) is 0 Å². The highest BCUT2D eigenvalue weighted by Gasteiger charge is 2.32. The second-order valence-corrected chi connectivity index (χ2v) is 3.51. The summed E-state index contributed by atoms with van der Waals surface area (Å²) in [6, 6.07) is -0.271. The fourth-order valence-electron chi connectivity index (χ4n) is 0.990. The Bertz CT molecular complexity index is 189. The van der Waals surface area contributed by atoms with Crippen LogP contribution in [0, 0.1) is 0 Å². The van der Waals surface area contributed by atoms with Gasteiger partial charge < -0.3 is 0 Å². The summed E-state index contributed by atoms with van der Waals surface area (Å²) in [4.78, 5) is 12.1. The number of rotatable bonds is 5. The number of carbonyl (C=O) groups excluding carboxylic acids is 1. The minimum Gasteiger partial charge on any atom is -0.298 e. The average Bonchev–Trinajstić information content (AvgIpc) is 2.00. The minimum absolute atomic E-state index is 0.117. The van der Waals surface area contributed by atoms with E-state index in [0.29, 0.717) is 0 Å². The van der Waals surface area contributed by atoms with Crippen LogP contribution >= 0.6 is 0 Å². The zero-order chi connectivity index (χ0) is 11.4. The van der Waals surface area contributed by atoms with Crippen molar-refractivity contribution in [2.75, 3.05) is 13.1 Å². The molecule has 0 unspecified atom stereocenters. The molecule has 0 saturated heterocycles. The van der Waals surface area contributed by atoms with E-state index in [1.54, 1.807) is 20.8 Å². The van der Waals surface area contributed by atoms with Crippen molar-refractivity contribution in [3.63, 3.8) is 0 Å². The second kappa shape index (κ2) is 5.34. The van der Waals surface area contributed by atoms with Gasteiger partial charge in [-0.1, -0.05) is 6.92 Å². The van der Waals surface area contributed by atoms with Gasteiger partial charge in [-0.25, -0.2) is 0 Å². The predicted octanol–water partition coefficient (Wildman–Crippen LogP) is 2.24.